The molecule has 1 aromatic heterocycles. The van der Waals surface area contributed by atoms with Gasteiger partial charge in [0.05, 0.1) is 18.9 Å². The highest BCUT2D eigenvalue weighted by molar-refractivity contribution is 7.99. The zero-order valence-corrected chi connectivity index (χ0v) is 20.9. The zero-order valence-electron chi connectivity index (χ0n) is 20.1. The Morgan fingerprint density at radius 3 is 2.50 bits per heavy atom. The second kappa shape index (κ2) is 11.5. The van der Waals surface area contributed by atoms with Crippen molar-refractivity contribution >= 4 is 17.7 Å². The Kier molecular flexibility index (Phi) is 8.24. The average Bonchev–Trinajstić information content (AvgIpc) is 3.24. The predicted molar refractivity (Wildman–Crippen MR) is 136 cm³/mol. The third-order valence-corrected chi connectivity index (χ3v) is 7.32. The van der Waals surface area contributed by atoms with Gasteiger partial charge >= 0.3 is 0 Å². The summed E-state index contributed by atoms with van der Waals surface area (Å²) in [7, 11) is 1.65. The number of hydrogen-bond acceptors (Lipinski definition) is 6. The second-order valence-corrected chi connectivity index (χ2v) is 9.74. The van der Waals surface area contributed by atoms with Crippen LogP contribution in [0.25, 0.3) is 5.69 Å². The Balaban J connectivity index is 1.38. The van der Waals surface area contributed by atoms with Crippen molar-refractivity contribution in [1.82, 2.24) is 25.0 Å². The molecular formula is C26H33N5O2S. The lowest BCUT2D eigenvalue weighted by molar-refractivity contribution is -0.118. The number of carbonyl (C=O) groups is 1. The zero-order chi connectivity index (χ0) is 23.9. The number of thioether (sulfide) groups is 1. The minimum absolute atomic E-state index is 0.00163. The molecule has 0 aliphatic carbocycles. The molecule has 1 saturated heterocycles. The topological polar surface area (TPSA) is 72.3 Å². The number of amides is 1. The van der Waals surface area contributed by atoms with Crippen LogP contribution in [-0.4, -0.2) is 58.1 Å². The van der Waals surface area contributed by atoms with E-state index in [-0.39, 0.29) is 17.7 Å². The molecule has 34 heavy (non-hydrogen) atoms. The number of methoxy groups -OCH3 is 1. The maximum Gasteiger partial charge on any atom is 0.230 e. The standard InChI is InChI=1S/C26H33N5O2S/c1-19-13-15-30(16-14-19)24(21-7-5-4-6-8-21)17-27-25(32)18-34-26-29-28-20(2)31(26)22-9-11-23(33-3)12-10-22/h4-12,19,24H,13-18H2,1-3H3,(H,27,32). The minimum Gasteiger partial charge on any atom is -0.497 e. The molecule has 1 fully saturated rings. The fourth-order valence-corrected chi connectivity index (χ4v) is 5.16. The van der Waals surface area contributed by atoms with Crippen LogP contribution in [0.15, 0.2) is 59.8 Å². The van der Waals surface area contributed by atoms with E-state index >= 15 is 0 Å². The fourth-order valence-electron chi connectivity index (χ4n) is 4.33. The molecule has 1 N–H and O–H groups in total. The molecule has 2 aromatic carbocycles. The number of aryl methyl sites for hydroxylation is 1. The van der Waals surface area contributed by atoms with Crippen LogP contribution in [0.1, 0.15) is 37.2 Å². The number of benzene rings is 2. The Morgan fingerprint density at radius 1 is 1.12 bits per heavy atom. The van der Waals surface area contributed by atoms with E-state index in [0.717, 1.165) is 36.3 Å². The molecule has 2 heterocycles. The van der Waals surface area contributed by atoms with E-state index < -0.39 is 0 Å². The van der Waals surface area contributed by atoms with Gasteiger partial charge in [0.2, 0.25) is 5.91 Å². The summed E-state index contributed by atoms with van der Waals surface area (Å²) in [6, 6.07) is 18.4. The lowest BCUT2D eigenvalue weighted by atomic mass is 9.95. The van der Waals surface area contributed by atoms with Crippen LogP contribution < -0.4 is 10.1 Å². The average molecular weight is 480 g/mol. The molecule has 0 saturated carbocycles. The van der Waals surface area contributed by atoms with Crippen molar-refractivity contribution in [3.8, 4) is 11.4 Å². The first kappa shape index (κ1) is 24.3. The molecule has 8 heteroatoms. The van der Waals surface area contributed by atoms with Crippen LogP contribution in [0.4, 0.5) is 0 Å². The third-order valence-electron chi connectivity index (χ3n) is 6.39. The normalized spacial score (nSPS) is 15.7. The monoisotopic (exact) mass is 479 g/mol. The number of aromatic nitrogens is 3. The fraction of sp³-hybridized carbons (Fsp3) is 0.423. The van der Waals surface area contributed by atoms with Crippen molar-refractivity contribution in [2.75, 3.05) is 32.5 Å². The summed E-state index contributed by atoms with van der Waals surface area (Å²) in [5.74, 6) is 2.62. The maximum atomic E-state index is 12.8. The molecule has 0 radical (unpaired) electrons. The number of carbonyl (C=O) groups excluding carboxylic acids is 1. The van der Waals surface area contributed by atoms with Gasteiger partial charge in [0.25, 0.3) is 0 Å². The van der Waals surface area contributed by atoms with Crippen molar-refractivity contribution < 1.29 is 9.53 Å². The van der Waals surface area contributed by atoms with Crippen LogP contribution in [0.3, 0.4) is 0 Å². The van der Waals surface area contributed by atoms with E-state index in [1.54, 1.807) is 7.11 Å². The highest BCUT2D eigenvalue weighted by Gasteiger charge is 2.25. The maximum absolute atomic E-state index is 12.8. The Bertz CT molecular complexity index is 1060. The number of hydrogen-bond donors (Lipinski definition) is 1. The third kappa shape index (κ3) is 5.98. The van der Waals surface area contributed by atoms with E-state index in [4.69, 9.17) is 4.74 Å². The van der Waals surface area contributed by atoms with Gasteiger partial charge in [-0.1, -0.05) is 49.0 Å². The summed E-state index contributed by atoms with van der Waals surface area (Å²) >= 11 is 1.40. The van der Waals surface area contributed by atoms with Gasteiger partial charge in [-0.15, -0.1) is 10.2 Å². The van der Waals surface area contributed by atoms with E-state index in [1.165, 1.54) is 30.2 Å². The predicted octanol–water partition coefficient (Wildman–Crippen LogP) is 4.27. The molecule has 180 valence electrons. The van der Waals surface area contributed by atoms with Crippen molar-refractivity contribution in [3.63, 3.8) is 0 Å². The van der Waals surface area contributed by atoms with E-state index in [1.807, 2.05) is 41.8 Å². The molecule has 1 amide bonds. The van der Waals surface area contributed by atoms with Gasteiger partial charge in [-0.25, -0.2) is 0 Å². The first-order valence-corrected chi connectivity index (χ1v) is 12.8. The van der Waals surface area contributed by atoms with Crippen molar-refractivity contribution in [3.05, 3.63) is 66.0 Å². The smallest absolute Gasteiger partial charge is 0.230 e. The SMILES string of the molecule is COc1ccc(-n2c(C)nnc2SCC(=O)NCC(c2ccccc2)N2CCC(C)CC2)cc1. The molecule has 4 rings (SSSR count). The van der Waals surface area contributed by atoms with Crippen molar-refractivity contribution in [2.45, 2.75) is 37.9 Å². The van der Waals surface area contributed by atoms with Gasteiger partial charge in [-0.3, -0.25) is 14.3 Å². The highest BCUT2D eigenvalue weighted by Crippen LogP contribution is 2.27. The molecule has 0 spiro atoms. The van der Waals surface area contributed by atoms with Gasteiger partial charge in [0.15, 0.2) is 5.16 Å². The number of likely N-dealkylation sites (tertiary alicyclic amines) is 1. The van der Waals surface area contributed by atoms with Gasteiger partial charge < -0.3 is 10.1 Å². The van der Waals surface area contributed by atoms with Gasteiger partial charge in [0, 0.05) is 12.2 Å². The summed E-state index contributed by atoms with van der Waals surface area (Å²) in [6.07, 6.45) is 2.40. The molecular weight excluding hydrogens is 446 g/mol. The van der Waals surface area contributed by atoms with E-state index in [2.05, 4.69) is 51.6 Å². The number of nitrogens with one attached hydrogen (secondary N) is 1. The summed E-state index contributed by atoms with van der Waals surface area (Å²) in [5, 5.41) is 12.4. The first-order valence-electron chi connectivity index (χ1n) is 11.8. The largest absolute Gasteiger partial charge is 0.497 e. The Hall–Kier alpha value is -2.84. The molecule has 0 bridgehead atoms. The molecule has 1 aliphatic rings. The highest BCUT2D eigenvalue weighted by atomic mass is 32.2. The molecule has 1 atom stereocenters. The van der Waals surface area contributed by atoms with Gasteiger partial charge in [-0.2, -0.15) is 0 Å². The summed E-state index contributed by atoms with van der Waals surface area (Å²) < 4.78 is 7.21. The first-order chi connectivity index (χ1) is 16.5. The van der Waals surface area contributed by atoms with Crippen molar-refractivity contribution in [1.29, 1.82) is 0 Å². The van der Waals surface area contributed by atoms with Crippen molar-refractivity contribution in [2.24, 2.45) is 5.92 Å². The Morgan fingerprint density at radius 2 is 1.82 bits per heavy atom. The summed E-state index contributed by atoms with van der Waals surface area (Å²) in [4.78, 5) is 15.3. The second-order valence-electron chi connectivity index (χ2n) is 8.80. The molecule has 3 aromatic rings. The summed E-state index contributed by atoms with van der Waals surface area (Å²) in [6.45, 7) is 6.96. The van der Waals surface area contributed by atoms with Crippen LogP contribution in [-0.2, 0) is 4.79 Å². The van der Waals surface area contributed by atoms with Crippen LogP contribution in [0.5, 0.6) is 5.75 Å². The molecule has 1 aliphatic heterocycles. The Labute approximate surface area is 205 Å². The van der Waals surface area contributed by atoms with Gasteiger partial charge in [-0.05, 0) is 68.6 Å². The van der Waals surface area contributed by atoms with Crippen LogP contribution >= 0.6 is 11.8 Å². The lowest BCUT2D eigenvalue weighted by Crippen LogP contribution is -2.42. The van der Waals surface area contributed by atoms with E-state index in [0.29, 0.717) is 11.7 Å². The van der Waals surface area contributed by atoms with Crippen LogP contribution in [0.2, 0.25) is 0 Å². The van der Waals surface area contributed by atoms with Gasteiger partial charge in [0.1, 0.15) is 11.6 Å². The quantitative estimate of drug-likeness (QED) is 0.462. The number of ether oxygens (including phenoxy) is 1. The summed E-state index contributed by atoms with van der Waals surface area (Å²) in [5.41, 5.74) is 2.19. The molecule has 7 nitrogen and oxygen atoms in total. The minimum atomic E-state index is -0.00163. The number of rotatable bonds is 9. The molecule has 1 unspecified atom stereocenters. The van der Waals surface area contributed by atoms with Crippen LogP contribution in [0, 0.1) is 12.8 Å². The number of nitrogens with zero attached hydrogens (tertiary/aromatic N) is 4. The van der Waals surface area contributed by atoms with E-state index in [9.17, 15) is 4.79 Å². The lowest BCUT2D eigenvalue weighted by Gasteiger charge is -2.37. The number of piperidine rings is 1.